The van der Waals surface area contributed by atoms with Gasteiger partial charge in [0.25, 0.3) is 0 Å². The first-order chi connectivity index (χ1) is 9.69. The smallest absolute Gasteiger partial charge is 0.343 e. The molecule has 1 aromatic carbocycles. The van der Waals surface area contributed by atoms with Crippen LogP contribution in [0.25, 0.3) is 0 Å². The fraction of sp³-hybridized carbons (Fsp3) is 0.286. The molecule has 3 N–H and O–H groups in total. The lowest BCUT2D eigenvalue weighted by Crippen LogP contribution is -2.30. The lowest BCUT2D eigenvalue weighted by Gasteiger charge is -2.14. The van der Waals surface area contributed by atoms with Gasteiger partial charge in [-0.2, -0.15) is 0 Å². The molecule has 0 radical (unpaired) electrons. The number of rotatable bonds is 5. The summed E-state index contributed by atoms with van der Waals surface area (Å²) < 4.78 is 0. The number of nitrogens with one attached hydrogen (secondary N) is 3. The van der Waals surface area contributed by atoms with Crippen LogP contribution >= 0.6 is 0 Å². The third-order valence-corrected chi connectivity index (χ3v) is 2.82. The highest BCUT2D eigenvalue weighted by Crippen LogP contribution is 2.16. The van der Waals surface area contributed by atoms with E-state index in [9.17, 15) is 4.79 Å². The van der Waals surface area contributed by atoms with E-state index < -0.39 is 6.03 Å². The number of carbonyl (C=O) groups excluding carboxylic acids is 1. The van der Waals surface area contributed by atoms with Crippen LogP contribution in [-0.2, 0) is 4.84 Å². The molecule has 1 atom stereocenters. The molecule has 2 rings (SSSR count). The zero-order chi connectivity index (χ0) is 14.4. The number of carbonyl (C=O) groups is 1. The van der Waals surface area contributed by atoms with Crippen molar-refractivity contribution in [2.45, 2.75) is 26.4 Å². The van der Waals surface area contributed by atoms with E-state index in [4.69, 9.17) is 4.84 Å². The highest BCUT2D eigenvalue weighted by Gasteiger charge is 2.13. The Morgan fingerprint density at radius 3 is 2.75 bits per heavy atom. The lowest BCUT2D eigenvalue weighted by atomic mass is 10.2. The Balaban J connectivity index is 1.84. The van der Waals surface area contributed by atoms with Gasteiger partial charge in [-0.3, -0.25) is 4.84 Å². The summed E-state index contributed by atoms with van der Waals surface area (Å²) in [4.78, 5) is 24.0. The summed E-state index contributed by atoms with van der Waals surface area (Å²) in [6, 6.07) is 7.10. The minimum atomic E-state index is -0.414. The summed E-state index contributed by atoms with van der Waals surface area (Å²) in [6.07, 6.45) is 3.75. The van der Waals surface area contributed by atoms with Crippen LogP contribution < -0.4 is 10.8 Å². The monoisotopic (exact) mass is 274 g/mol. The topological polar surface area (TPSA) is 79.0 Å². The first-order valence-corrected chi connectivity index (χ1v) is 6.47. The molecule has 0 bridgehead atoms. The molecule has 2 aromatic rings. The van der Waals surface area contributed by atoms with Gasteiger partial charge in [-0.25, -0.2) is 15.3 Å². The van der Waals surface area contributed by atoms with Gasteiger partial charge in [0.2, 0.25) is 0 Å². The second-order valence-electron chi connectivity index (χ2n) is 4.43. The van der Waals surface area contributed by atoms with Crippen LogP contribution in [0.15, 0.2) is 36.8 Å². The number of imidazole rings is 1. The zero-order valence-electron chi connectivity index (χ0n) is 11.5. The molecule has 0 aliphatic heterocycles. The molecule has 6 nitrogen and oxygen atoms in total. The number of hydrogen-bond donors (Lipinski definition) is 3. The maximum Gasteiger partial charge on any atom is 0.343 e. The molecule has 0 spiro atoms. The average molecular weight is 274 g/mol. The molecule has 0 saturated carbocycles. The van der Waals surface area contributed by atoms with Crippen LogP contribution in [0.5, 0.6) is 0 Å². The Labute approximate surface area is 117 Å². The SMILES string of the molecule is CCC(ONC(=O)Nc1ccc(C)cc1)c1c[nH]cn1. The summed E-state index contributed by atoms with van der Waals surface area (Å²) in [6.45, 7) is 3.95. The molecular formula is C14H18N4O2. The number of anilines is 1. The van der Waals surface area contributed by atoms with E-state index in [-0.39, 0.29) is 6.10 Å². The Bertz CT molecular complexity index is 537. The summed E-state index contributed by atoms with van der Waals surface area (Å²) in [5, 5.41) is 2.69. The van der Waals surface area contributed by atoms with Crippen molar-refractivity contribution in [3.63, 3.8) is 0 Å². The molecule has 106 valence electrons. The third kappa shape index (κ3) is 3.83. The number of benzene rings is 1. The van der Waals surface area contributed by atoms with Crippen LogP contribution in [0.4, 0.5) is 10.5 Å². The fourth-order valence-electron chi connectivity index (χ4n) is 1.72. The molecule has 0 aliphatic carbocycles. The second-order valence-corrected chi connectivity index (χ2v) is 4.43. The van der Waals surface area contributed by atoms with Crippen molar-refractivity contribution >= 4 is 11.7 Å². The van der Waals surface area contributed by atoms with Gasteiger partial charge in [-0.1, -0.05) is 24.6 Å². The van der Waals surface area contributed by atoms with Gasteiger partial charge in [-0.15, -0.1) is 0 Å². The zero-order valence-corrected chi connectivity index (χ0v) is 11.5. The fourth-order valence-corrected chi connectivity index (χ4v) is 1.72. The Hall–Kier alpha value is -2.34. The van der Waals surface area contributed by atoms with Crippen LogP contribution in [0, 0.1) is 6.92 Å². The van der Waals surface area contributed by atoms with Gasteiger partial charge in [0, 0.05) is 11.9 Å². The molecule has 1 aromatic heterocycles. The first kappa shape index (κ1) is 14.1. The third-order valence-electron chi connectivity index (χ3n) is 2.82. The molecule has 0 fully saturated rings. The molecule has 1 heterocycles. The number of urea groups is 1. The first-order valence-electron chi connectivity index (χ1n) is 6.47. The number of aromatic nitrogens is 2. The second kappa shape index (κ2) is 6.72. The van der Waals surface area contributed by atoms with Crippen LogP contribution in [0.1, 0.15) is 30.7 Å². The van der Waals surface area contributed by atoms with E-state index in [0.29, 0.717) is 12.1 Å². The van der Waals surface area contributed by atoms with E-state index in [1.54, 1.807) is 12.5 Å². The number of amides is 2. The number of hydroxylamine groups is 1. The molecule has 2 amide bonds. The van der Waals surface area contributed by atoms with Gasteiger partial charge in [0.05, 0.1) is 12.0 Å². The van der Waals surface area contributed by atoms with Crippen molar-refractivity contribution in [3.8, 4) is 0 Å². The molecular weight excluding hydrogens is 256 g/mol. The van der Waals surface area contributed by atoms with E-state index in [2.05, 4.69) is 20.8 Å². The van der Waals surface area contributed by atoms with E-state index in [1.807, 2.05) is 38.1 Å². The predicted molar refractivity (Wildman–Crippen MR) is 76.0 cm³/mol. The lowest BCUT2D eigenvalue weighted by molar-refractivity contribution is -0.00661. The van der Waals surface area contributed by atoms with E-state index in [1.165, 1.54) is 0 Å². The highest BCUT2D eigenvalue weighted by molar-refractivity contribution is 5.88. The Morgan fingerprint density at radius 2 is 2.15 bits per heavy atom. The number of nitrogens with zero attached hydrogens (tertiary/aromatic N) is 1. The van der Waals surface area contributed by atoms with Crippen molar-refractivity contribution in [2.24, 2.45) is 0 Å². The summed E-state index contributed by atoms with van der Waals surface area (Å²) >= 11 is 0. The standard InChI is InChI=1S/C14H18N4O2/c1-3-13(12-8-15-9-16-12)20-18-14(19)17-11-6-4-10(2)5-7-11/h4-9,13H,3H2,1-2H3,(H,15,16)(H2,17,18,19). The Morgan fingerprint density at radius 1 is 1.40 bits per heavy atom. The highest BCUT2D eigenvalue weighted by atomic mass is 16.7. The molecule has 0 saturated heterocycles. The van der Waals surface area contributed by atoms with Gasteiger partial charge < -0.3 is 10.3 Å². The van der Waals surface area contributed by atoms with Crippen LogP contribution in [-0.4, -0.2) is 16.0 Å². The number of aromatic amines is 1. The van der Waals surface area contributed by atoms with Crippen molar-refractivity contribution in [2.75, 3.05) is 5.32 Å². The Kier molecular flexibility index (Phi) is 4.73. The number of aryl methyl sites for hydroxylation is 1. The molecule has 6 heteroatoms. The van der Waals surface area contributed by atoms with Crippen molar-refractivity contribution in [3.05, 3.63) is 48.0 Å². The van der Waals surface area contributed by atoms with Gasteiger partial charge in [-0.05, 0) is 25.5 Å². The maximum atomic E-state index is 11.7. The van der Waals surface area contributed by atoms with Crippen molar-refractivity contribution in [1.29, 1.82) is 0 Å². The molecule has 20 heavy (non-hydrogen) atoms. The minimum Gasteiger partial charge on any atom is -0.351 e. The maximum absolute atomic E-state index is 11.7. The molecule has 0 aliphatic rings. The van der Waals surface area contributed by atoms with Gasteiger partial charge >= 0.3 is 6.03 Å². The minimum absolute atomic E-state index is 0.273. The van der Waals surface area contributed by atoms with Crippen molar-refractivity contribution < 1.29 is 9.63 Å². The number of H-pyrrole nitrogens is 1. The summed E-state index contributed by atoms with van der Waals surface area (Å²) in [5.41, 5.74) is 4.98. The van der Waals surface area contributed by atoms with E-state index >= 15 is 0 Å². The molecule has 1 unspecified atom stereocenters. The summed E-state index contributed by atoms with van der Waals surface area (Å²) in [5.74, 6) is 0. The summed E-state index contributed by atoms with van der Waals surface area (Å²) in [7, 11) is 0. The average Bonchev–Trinajstić information content (AvgIpc) is 2.96. The quantitative estimate of drug-likeness (QED) is 0.733. The normalized spacial score (nSPS) is 11.9. The largest absolute Gasteiger partial charge is 0.351 e. The van der Waals surface area contributed by atoms with Gasteiger partial charge in [0.1, 0.15) is 6.10 Å². The van der Waals surface area contributed by atoms with Crippen molar-refractivity contribution in [1.82, 2.24) is 15.4 Å². The van der Waals surface area contributed by atoms with Gasteiger partial charge in [0.15, 0.2) is 0 Å². The number of hydrogen-bond acceptors (Lipinski definition) is 3. The van der Waals surface area contributed by atoms with E-state index in [0.717, 1.165) is 11.3 Å². The predicted octanol–water partition coefficient (Wildman–Crippen LogP) is 2.92. The van der Waals surface area contributed by atoms with Crippen LogP contribution in [0.3, 0.4) is 0 Å². The van der Waals surface area contributed by atoms with Crippen LogP contribution in [0.2, 0.25) is 0 Å².